The first kappa shape index (κ1) is 20.4. The highest BCUT2D eigenvalue weighted by Crippen LogP contribution is 2.69. The Labute approximate surface area is 169 Å². The van der Waals surface area contributed by atoms with Crippen molar-refractivity contribution in [1.29, 1.82) is 0 Å². The molecule has 0 aromatic rings. The van der Waals surface area contributed by atoms with E-state index in [2.05, 4.69) is 20.8 Å². The molecule has 4 aliphatic carbocycles. The zero-order chi connectivity index (χ0) is 20.3. The summed E-state index contributed by atoms with van der Waals surface area (Å²) in [5.41, 5.74) is 0.669. The van der Waals surface area contributed by atoms with Gasteiger partial charge in [-0.1, -0.05) is 32.4 Å². The maximum absolute atomic E-state index is 12.1. The summed E-state index contributed by atoms with van der Waals surface area (Å²) in [5.74, 6) is 1.17. The van der Waals surface area contributed by atoms with Crippen LogP contribution in [0.4, 0.5) is 0 Å². The smallest absolute Gasteiger partial charge is 0.303 e. The van der Waals surface area contributed by atoms with E-state index in [4.69, 9.17) is 5.11 Å². The van der Waals surface area contributed by atoms with Crippen molar-refractivity contribution in [2.75, 3.05) is 0 Å². The standard InChI is InChI=1S/C24H38O4/c1-15(4-9-21(26)27)18-7-8-19-20-6-5-16-14-17(25)10-11-23(16,3)24(20,28)13-12-22(18,19)2/h14-15,17-20,25,28H,4-13H2,1-3H3,(H,26,27)/t15-,17?,18?,19?,20?,22-,23+,24-/m1/s1. The van der Waals surface area contributed by atoms with Gasteiger partial charge in [-0.05, 0) is 86.9 Å². The second kappa shape index (κ2) is 6.84. The minimum atomic E-state index is -0.691. The van der Waals surface area contributed by atoms with E-state index < -0.39 is 11.6 Å². The molecule has 4 aliphatic rings. The molecule has 3 N–H and O–H groups in total. The molecule has 4 unspecified atom stereocenters. The molecule has 4 rings (SSSR count). The Morgan fingerprint density at radius 2 is 1.89 bits per heavy atom. The van der Waals surface area contributed by atoms with Gasteiger partial charge < -0.3 is 15.3 Å². The summed E-state index contributed by atoms with van der Waals surface area (Å²) < 4.78 is 0. The lowest BCUT2D eigenvalue weighted by molar-refractivity contribution is -0.195. The van der Waals surface area contributed by atoms with Gasteiger partial charge in [-0.15, -0.1) is 0 Å². The molecule has 0 saturated heterocycles. The van der Waals surface area contributed by atoms with Crippen LogP contribution < -0.4 is 0 Å². The van der Waals surface area contributed by atoms with Crippen molar-refractivity contribution < 1.29 is 20.1 Å². The molecule has 0 radical (unpaired) electrons. The fourth-order valence-corrected chi connectivity index (χ4v) is 8.18. The van der Waals surface area contributed by atoms with Crippen molar-refractivity contribution in [3.05, 3.63) is 11.6 Å². The van der Waals surface area contributed by atoms with Gasteiger partial charge in [0, 0.05) is 11.8 Å². The topological polar surface area (TPSA) is 77.8 Å². The zero-order valence-corrected chi connectivity index (χ0v) is 17.8. The summed E-state index contributed by atoms with van der Waals surface area (Å²) in [6, 6.07) is 0. The predicted octanol–water partition coefficient (Wildman–Crippen LogP) is 4.54. The number of rotatable bonds is 4. The van der Waals surface area contributed by atoms with Crippen LogP contribution in [0, 0.1) is 34.5 Å². The third-order valence-electron chi connectivity index (χ3n) is 9.85. The Morgan fingerprint density at radius 3 is 2.61 bits per heavy atom. The van der Waals surface area contributed by atoms with Crippen LogP contribution in [0.3, 0.4) is 0 Å². The minimum absolute atomic E-state index is 0.191. The first-order chi connectivity index (χ1) is 13.1. The molecule has 0 spiro atoms. The van der Waals surface area contributed by atoms with Gasteiger partial charge in [0.1, 0.15) is 0 Å². The van der Waals surface area contributed by atoms with Gasteiger partial charge in [0.25, 0.3) is 0 Å². The van der Waals surface area contributed by atoms with E-state index in [9.17, 15) is 15.0 Å². The molecule has 158 valence electrons. The van der Waals surface area contributed by atoms with Crippen LogP contribution in [-0.2, 0) is 4.79 Å². The quantitative estimate of drug-likeness (QED) is 0.616. The van der Waals surface area contributed by atoms with Crippen molar-refractivity contribution in [2.24, 2.45) is 34.5 Å². The molecule has 0 amide bonds. The molecule has 0 aromatic carbocycles. The normalized spacial score (nSPS) is 48.8. The van der Waals surface area contributed by atoms with Crippen molar-refractivity contribution >= 4 is 5.97 Å². The highest BCUT2D eigenvalue weighted by molar-refractivity contribution is 5.66. The van der Waals surface area contributed by atoms with E-state index in [-0.39, 0.29) is 23.4 Å². The van der Waals surface area contributed by atoms with Crippen molar-refractivity contribution in [3.63, 3.8) is 0 Å². The summed E-state index contributed by atoms with van der Waals surface area (Å²) in [6.07, 6.45) is 10.6. The van der Waals surface area contributed by atoms with Crippen LogP contribution in [0.5, 0.6) is 0 Å². The molecule has 3 saturated carbocycles. The summed E-state index contributed by atoms with van der Waals surface area (Å²) in [4.78, 5) is 11.0. The fraction of sp³-hybridized carbons (Fsp3) is 0.875. The molecule has 0 aliphatic heterocycles. The van der Waals surface area contributed by atoms with Gasteiger partial charge in [0.05, 0.1) is 11.7 Å². The lowest BCUT2D eigenvalue weighted by Gasteiger charge is -2.63. The average molecular weight is 391 g/mol. The minimum Gasteiger partial charge on any atom is -0.481 e. The Bertz CT molecular complexity index is 672. The van der Waals surface area contributed by atoms with E-state index in [0.717, 1.165) is 44.9 Å². The lowest BCUT2D eigenvalue weighted by Crippen LogP contribution is -2.63. The van der Waals surface area contributed by atoms with Crippen molar-refractivity contribution in [2.45, 2.75) is 96.7 Å². The monoisotopic (exact) mass is 390 g/mol. The van der Waals surface area contributed by atoms with Gasteiger partial charge in [-0.3, -0.25) is 4.79 Å². The number of aliphatic hydroxyl groups is 2. The fourth-order valence-electron chi connectivity index (χ4n) is 8.18. The van der Waals surface area contributed by atoms with Crippen molar-refractivity contribution in [3.8, 4) is 0 Å². The number of hydrogen-bond donors (Lipinski definition) is 3. The number of fused-ring (bicyclic) bond motifs is 5. The van der Waals surface area contributed by atoms with Gasteiger partial charge in [0.15, 0.2) is 0 Å². The largest absolute Gasteiger partial charge is 0.481 e. The van der Waals surface area contributed by atoms with E-state index >= 15 is 0 Å². The van der Waals surface area contributed by atoms with E-state index in [1.807, 2.05) is 6.08 Å². The number of carboxylic acids is 1. The molecule has 3 fully saturated rings. The van der Waals surface area contributed by atoms with E-state index in [1.54, 1.807) is 0 Å². The molecule has 8 atom stereocenters. The summed E-state index contributed by atoms with van der Waals surface area (Å²) in [6.45, 7) is 6.93. The number of carboxylic acid groups (broad SMARTS) is 1. The highest BCUT2D eigenvalue weighted by atomic mass is 16.4. The van der Waals surface area contributed by atoms with Crippen LogP contribution in [0.2, 0.25) is 0 Å². The third kappa shape index (κ3) is 2.81. The number of hydrogen-bond acceptors (Lipinski definition) is 3. The first-order valence-electron chi connectivity index (χ1n) is 11.5. The summed E-state index contributed by atoms with van der Waals surface area (Å²) in [5, 5.41) is 31.3. The number of carbonyl (C=O) groups is 1. The van der Waals surface area contributed by atoms with Crippen LogP contribution in [0.1, 0.15) is 85.0 Å². The molecule has 4 heteroatoms. The van der Waals surface area contributed by atoms with E-state index in [0.29, 0.717) is 23.7 Å². The zero-order valence-electron chi connectivity index (χ0n) is 17.8. The highest BCUT2D eigenvalue weighted by Gasteiger charge is 2.65. The van der Waals surface area contributed by atoms with Gasteiger partial charge in [-0.25, -0.2) is 0 Å². The summed E-state index contributed by atoms with van der Waals surface area (Å²) >= 11 is 0. The van der Waals surface area contributed by atoms with Gasteiger partial charge in [-0.2, -0.15) is 0 Å². The van der Waals surface area contributed by atoms with Crippen LogP contribution in [-0.4, -0.2) is 33.0 Å². The van der Waals surface area contributed by atoms with Crippen LogP contribution in [0.25, 0.3) is 0 Å². The van der Waals surface area contributed by atoms with Crippen molar-refractivity contribution in [1.82, 2.24) is 0 Å². The maximum atomic E-state index is 12.1. The Hall–Kier alpha value is -0.870. The second-order valence-corrected chi connectivity index (χ2v) is 10.9. The number of aliphatic carboxylic acids is 1. The Morgan fingerprint density at radius 1 is 1.14 bits per heavy atom. The molecular weight excluding hydrogens is 352 g/mol. The number of aliphatic hydroxyl groups excluding tert-OH is 1. The lowest BCUT2D eigenvalue weighted by atomic mass is 9.44. The Balaban J connectivity index is 1.59. The molecular formula is C24H38O4. The first-order valence-corrected chi connectivity index (χ1v) is 11.5. The van der Waals surface area contributed by atoms with Gasteiger partial charge >= 0.3 is 5.97 Å². The molecule has 0 aromatic heterocycles. The van der Waals surface area contributed by atoms with Crippen LogP contribution in [0.15, 0.2) is 11.6 Å². The molecule has 4 nitrogen and oxygen atoms in total. The second-order valence-electron chi connectivity index (χ2n) is 10.9. The molecule has 0 bridgehead atoms. The Kier molecular flexibility index (Phi) is 4.98. The molecule has 28 heavy (non-hydrogen) atoms. The third-order valence-corrected chi connectivity index (χ3v) is 9.85. The SMILES string of the molecule is C[C@H](CCC(=O)O)C1CCC2C3CCC4=CC(O)CC[C@]4(C)[C@@]3(O)CC[C@@]21C. The maximum Gasteiger partial charge on any atom is 0.303 e. The van der Waals surface area contributed by atoms with Crippen LogP contribution >= 0.6 is 0 Å². The van der Waals surface area contributed by atoms with Gasteiger partial charge in [0.2, 0.25) is 0 Å². The molecule has 0 heterocycles. The van der Waals surface area contributed by atoms with E-state index in [1.165, 1.54) is 18.4 Å². The average Bonchev–Trinajstić information content (AvgIpc) is 2.98. The summed E-state index contributed by atoms with van der Waals surface area (Å²) in [7, 11) is 0. The predicted molar refractivity (Wildman–Crippen MR) is 109 cm³/mol.